The van der Waals surface area contributed by atoms with E-state index in [1.807, 2.05) is 6.92 Å². The molecule has 2 rings (SSSR count). The van der Waals surface area contributed by atoms with Crippen molar-refractivity contribution in [1.29, 1.82) is 0 Å². The molecule has 1 nitrogen and oxygen atoms in total. The largest absolute Gasteiger partial charge is 0.388 e. The Morgan fingerprint density at radius 1 is 1.53 bits per heavy atom. The number of aliphatic hydroxyl groups excluding tert-OH is 1. The normalized spacial score (nSPS) is 25.9. The van der Waals surface area contributed by atoms with E-state index in [9.17, 15) is 9.50 Å². The van der Waals surface area contributed by atoms with Gasteiger partial charge in [-0.3, -0.25) is 0 Å². The van der Waals surface area contributed by atoms with E-state index >= 15 is 0 Å². The minimum Gasteiger partial charge on any atom is -0.388 e. The van der Waals surface area contributed by atoms with Gasteiger partial charge >= 0.3 is 0 Å². The highest BCUT2D eigenvalue weighted by atomic mass is 35.5. The van der Waals surface area contributed by atoms with E-state index < -0.39 is 6.10 Å². The topological polar surface area (TPSA) is 20.2 Å². The third kappa shape index (κ3) is 2.01. The molecule has 1 N–H and O–H groups in total. The van der Waals surface area contributed by atoms with Gasteiger partial charge in [0.15, 0.2) is 0 Å². The molecular weight excluding hydrogens is 235 g/mol. The van der Waals surface area contributed by atoms with E-state index in [0.29, 0.717) is 21.9 Å². The fourth-order valence-corrected chi connectivity index (χ4v) is 3.26. The van der Waals surface area contributed by atoms with Crippen LogP contribution in [0, 0.1) is 11.7 Å². The monoisotopic (exact) mass is 246 g/mol. The van der Waals surface area contributed by atoms with Crippen molar-refractivity contribution in [2.45, 2.75) is 18.8 Å². The quantitative estimate of drug-likeness (QED) is 0.757. The number of hydrogen-bond donors (Lipinski definition) is 1. The summed E-state index contributed by atoms with van der Waals surface area (Å²) in [4.78, 5) is 0. The Kier molecular flexibility index (Phi) is 3.24. The molecule has 0 amide bonds. The molecule has 0 radical (unpaired) electrons. The summed E-state index contributed by atoms with van der Waals surface area (Å²) in [5, 5.41) is 10.5. The summed E-state index contributed by atoms with van der Waals surface area (Å²) < 4.78 is 13.5. The van der Waals surface area contributed by atoms with Crippen LogP contribution in [0.4, 0.5) is 4.39 Å². The molecular formula is C11H12ClFOS. The number of rotatable bonds is 0. The van der Waals surface area contributed by atoms with Crippen LogP contribution in [0.3, 0.4) is 0 Å². The van der Waals surface area contributed by atoms with E-state index in [2.05, 4.69) is 0 Å². The standard InChI is InChI=1S/C11H12ClFOS/c1-6-4-15-5-7-9(13)3-2-8(12)10(7)11(6)14/h2-3,6,11,14H,4-5H2,1H3. The highest BCUT2D eigenvalue weighted by Gasteiger charge is 2.27. The summed E-state index contributed by atoms with van der Waals surface area (Å²) in [6, 6.07) is 2.88. The Balaban J connectivity index is 2.57. The first-order valence-electron chi connectivity index (χ1n) is 4.84. The second-order valence-corrected chi connectivity index (χ2v) is 5.30. The highest BCUT2D eigenvalue weighted by molar-refractivity contribution is 7.98. The first-order valence-corrected chi connectivity index (χ1v) is 6.37. The fourth-order valence-electron chi connectivity index (χ4n) is 1.80. The summed E-state index contributed by atoms with van der Waals surface area (Å²) >= 11 is 7.65. The third-order valence-electron chi connectivity index (χ3n) is 2.71. The lowest BCUT2D eigenvalue weighted by atomic mass is 9.95. The molecule has 2 atom stereocenters. The van der Waals surface area contributed by atoms with E-state index in [1.54, 1.807) is 11.8 Å². The SMILES string of the molecule is CC1CSCc2c(F)ccc(Cl)c2C1O. The molecule has 1 heterocycles. The van der Waals surface area contributed by atoms with Crippen LogP contribution in [0.1, 0.15) is 24.2 Å². The van der Waals surface area contributed by atoms with Gasteiger partial charge in [0.2, 0.25) is 0 Å². The summed E-state index contributed by atoms with van der Waals surface area (Å²) in [6.45, 7) is 1.95. The van der Waals surface area contributed by atoms with Crippen LogP contribution in [0.5, 0.6) is 0 Å². The zero-order valence-corrected chi connectivity index (χ0v) is 9.91. The summed E-state index contributed by atoms with van der Waals surface area (Å²) in [5.74, 6) is 1.25. The average molecular weight is 247 g/mol. The van der Waals surface area contributed by atoms with Crippen LogP contribution in [-0.4, -0.2) is 10.9 Å². The molecule has 1 aromatic rings. The lowest BCUT2D eigenvalue weighted by Crippen LogP contribution is -2.11. The van der Waals surface area contributed by atoms with Crippen LogP contribution >= 0.6 is 23.4 Å². The van der Waals surface area contributed by atoms with E-state index in [-0.39, 0.29) is 11.7 Å². The lowest BCUT2D eigenvalue weighted by Gasteiger charge is -2.18. The maximum atomic E-state index is 13.5. The predicted molar refractivity (Wildman–Crippen MR) is 61.7 cm³/mol. The highest BCUT2D eigenvalue weighted by Crippen LogP contribution is 2.39. The third-order valence-corrected chi connectivity index (χ3v) is 4.29. The molecule has 0 spiro atoms. The first-order chi connectivity index (χ1) is 7.11. The molecule has 0 saturated heterocycles. The summed E-state index contributed by atoms with van der Waals surface area (Å²) in [7, 11) is 0. The maximum absolute atomic E-state index is 13.5. The van der Waals surface area contributed by atoms with E-state index in [4.69, 9.17) is 11.6 Å². The Labute approximate surface area is 97.6 Å². The van der Waals surface area contributed by atoms with Gasteiger partial charge in [0, 0.05) is 21.9 Å². The van der Waals surface area contributed by atoms with Crippen molar-refractivity contribution in [3.8, 4) is 0 Å². The summed E-state index contributed by atoms with van der Waals surface area (Å²) in [6.07, 6.45) is -0.654. The second-order valence-electron chi connectivity index (χ2n) is 3.86. The van der Waals surface area contributed by atoms with Crippen molar-refractivity contribution in [2.24, 2.45) is 5.92 Å². The smallest absolute Gasteiger partial charge is 0.127 e. The van der Waals surface area contributed by atoms with Crippen LogP contribution in [-0.2, 0) is 5.75 Å². The van der Waals surface area contributed by atoms with Crippen molar-refractivity contribution in [3.63, 3.8) is 0 Å². The Bertz CT molecular complexity index is 383. The van der Waals surface area contributed by atoms with Gasteiger partial charge in [-0.05, 0) is 23.8 Å². The van der Waals surface area contributed by atoms with Gasteiger partial charge in [-0.2, -0.15) is 11.8 Å². The zero-order chi connectivity index (χ0) is 11.0. The minimum atomic E-state index is -0.654. The Morgan fingerprint density at radius 3 is 3.00 bits per heavy atom. The molecule has 0 bridgehead atoms. The van der Waals surface area contributed by atoms with Crippen LogP contribution < -0.4 is 0 Å². The van der Waals surface area contributed by atoms with Gasteiger partial charge in [0.25, 0.3) is 0 Å². The molecule has 0 aromatic heterocycles. The van der Waals surface area contributed by atoms with Crippen molar-refractivity contribution in [2.75, 3.05) is 5.75 Å². The molecule has 0 aliphatic carbocycles. The maximum Gasteiger partial charge on any atom is 0.127 e. The molecule has 4 heteroatoms. The van der Waals surface area contributed by atoms with Crippen LogP contribution in [0.15, 0.2) is 12.1 Å². The van der Waals surface area contributed by atoms with Crippen LogP contribution in [0.2, 0.25) is 5.02 Å². The van der Waals surface area contributed by atoms with Crippen molar-refractivity contribution in [1.82, 2.24) is 0 Å². The molecule has 82 valence electrons. The molecule has 15 heavy (non-hydrogen) atoms. The number of aliphatic hydroxyl groups is 1. The van der Waals surface area contributed by atoms with Gasteiger partial charge in [-0.25, -0.2) is 4.39 Å². The molecule has 0 saturated carbocycles. The second kappa shape index (κ2) is 4.32. The molecule has 2 unspecified atom stereocenters. The first kappa shape index (κ1) is 11.2. The van der Waals surface area contributed by atoms with Gasteiger partial charge in [0.1, 0.15) is 5.82 Å². The Morgan fingerprint density at radius 2 is 2.27 bits per heavy atom. The number of benzene rings is 1. The van der Waals surface area contributed by atoms with Crippen LogP contribution in [0.25, 0.3) is 0 Å². The van der Waals surface area contributed by atoms with Gasteiger partial charge in [-0.1, -0.05) is 18.5 Å². The molecule has 0 fully saturated rings. The molecule has 1 aromatic carbocycles. The van der Waals surface area contributed by atoms with Gasteiger partial charge < -0.3 is 5.11 Å². The van der Waals surface area contributed by atoms with E-state index in [0.717, 1.165) is 5.75 Å². The van der Waals surface area contributed by atoms with Crippen molar-refractivity contribution in [3.05, 3.63) is 34.1 Å². The number of thioether (sulfide) groups is 1. The fraction of sp³-hybridized carbons (Fsp3) is 0.455. The predicted octanol–water partition coefficient (Wildman–Crippen LogP) is 3.40. The van der Waals surface area contributed by atoms with Gasteiger partial charge in [0.05, 0.1) is 6.10 Å². The Hall–Kier alpha value is -0.250. The zero-order valence-electron chi connectivity index (χ0n) is 8.34. The number of hydrogen-bond acceptors (Lipinski definition) is 2. The van der Waals surface area contributed by atoms with Gasteiger partial charge in [-0.15, -0.1) is 0 Å². The average Bonchev–Trinajstić information content (AvgIpc) is 2.35. The molecule has 1 aliphatic heterocycles. The number of fused-ring (bicyclic) bond motifs is 1. The lowest BCUT2D eigenvalue weighted by molar-refractivity contribution is 0.129. The number of halogens is 2. The summed E-state index contributed by atoms with van der Waals surface area (Å²) in [5.41, 5.74) is 1.14. The molecule has 1 aliphatic rings. The van der Waals surface area contributed by atoms with Crippen molar-refractivity contribution < 1.29 is 9.50 Å². The minimum absolute atomic E-state index is 0.107. The van der Waals surface area contributed by atoms with E-state index in [1.165, 1.54) is 12.1 Å². The van der Waals surface area contributed by atoms with Crippen molar-refractivity contribution >= 4 is 23.4 Å².